The van der Waals surface area contributed by atoms with Gasteiger partial charge in [-0.05, 0) is 61.7 Å². The third-order valence-electron chi connectivity index (χ3n) is 5.89. The molecule has 3 nitrogen and oxygen atoms in total. The van der Waals surface area contributed by atoms with E-state index >= 15 is 0 Å². The molecule has 0 radical (unpaired) electrons. The van der Waals surface area contributed by atoms with Crippen molar-refractivity contribution in [1.29, 1.82) is 0 Å². The maximum Gasteiger partial charge on any atom is 0.0589 e. The molecule has 3 rings (SSSR count). The van der Waals surface area contributed by atoms with Gasteiger partial charge in [0.2, 0.25) is 0 Å². The number of fused-ring (bicyclic) bond motifs is 1. The molecular weight excluding hydrogens is 296 g/mol. The maximum atomic E-state index is 5.21. The van der Waals surface area contributed by atoms with Crippen molar-refractivity contribution in [1.82, 2.24) is 10.2 Å². The molecule has 1 fully saturated rings. The van der Waals surface area contributed by atoms with Crippen molar-refractivity contribution in [2.75, 3.05) is 33.4 Å². The fourth-order valence-electron chi connectivity index (χ4n) is 4.32. The average molecular weight is 331 g/mol. The Morgan fingerprint density at radius 2 is 1.96 bits per heavy atom. The van der Waals surface area contributed by atoms with Gasteiger partial charge in [0.1, 0.15) is 0 Å². The number of aryl methyl sites for hydroxylation is 1. The first-order chi connectivity index (χ1) is 11.6. The van der Waals surface area contributed by atoms with Gasteiger partial charge < -0.3 is 15.0 Å². The normalized spacial score (nSPS) is 25.2. The predicted molar refractivity (Wildman–Crippen MR) is 100 cm³/mol. The third kappa shape index (κ3) is 4.59. The highest BCUT2D eigenvalue weighted by atomic mass is 16.5. The number of nitrogens with zero attached hydrogens (tertiary/aromatic N) is 1. The summed E-state index contributed by atoms with van der Waals surface area (Å²) in [7, 11) is 1.79. The van der Waals surface area contributed by atoms with Crippen molar-refractivity contribution < 1.29 is 4.74 Å². The molecule has 24 heavy (non-hydrogen) atoms. The summed E-state index contributed by atoms with van der Waals surface area (Å²) >= 11 is 0. The summed E-state index contributed by atoms with van der Waals surface area (Å²) in [4.78, 5) is 2.53. The molecule has 1 atom stereocenters. The minimum Gasteiger partial charge on any atom is -0.383 e. The van der Waals surface area contributed by atoms with Gasteiger partial charge in [0.05, 0.1) is 6.61 Å². The number of ether oxygens (including phenoxy) is 1. The van der Waals surface area contributed by atoms with Crippen LogP contribution in [0.25, 0.3) is 0 Å². The number of methoxy groups -OCH3 is 1. The molecule has 1 unspecified atom stereocenters. The van der Waals surface area contributed by atoms with Crippen LogP contribution in [0, 0.1) is 5.41 Å². The van der Waals surface area contributed by atoms with E-state index in [4.69, 9.17) is 4.74 Å². The van der Waals surface area contributed by atoms with Crippen LogP contribution in [0.1, 0.15) is 56.7 Å². The van der Waals surface area contributed by atoms with E-state index in [9.17, 15) is 0 Å². The number of likely N-dealkylation sites (tertiary alicyclic amines) is 1. The van der Waals surface area contributed by atoms with E-state index in [2.05, 4.69) is 48.3 Å². The van der Waals surface area contributed by atoms with Crippen LogP contribution >= 0.6 is 0 Å². The van der Waals surface area contributed by atoms with Gasteiger partial charge in [-0.25, -0.2) is 0 Å². The molecule has 0 aromatic heterocycles. The molecule has 1 aromatic rings. The number of nitrogens with one attached hydrogen (secondary N) is 1. The minimum atomic E-state index is 0.413. The number of hydrogen-bond donors (Lipinski definition) is 1. The molecule has 1 aliphatic heterocycles. The molecule has 1 N–H and O–H groups in total. The number of piperidine rings is 1. The molecule has 0 amide bonds. The zero-order chi connectivity index (χ0) is 17.0. The Kier molecular flexibility index (Phi) is 5.96. The summed E-state index contributed by atoms with van der Waals surface area (Å²) in [5, 5.41) is 4.03. The molecule has 134 valence electrons. The van der Waals surface area contributed by atoms with Gasteiger partial charge in [0.25, 0.3) is 0 Å². The molecule has 1 aliphatic carbocycles. The average Bonchev–Trinajstić information content (AvgIpc) is 2.71. The second-order valence-corrected chi connectivity index (χ2v) is 8.40. The first kappa shape index (κ1) is 17.9. The lowest BCUT2D eigenvalue weighted by Gasteiger charge is -2.36. The largest absolute Gasteiger partial charge is 0.383 e. The lowest BCUT2D eigenvalue weighted by Crippen LogP contribution is -2.45. The number of benzene rings is 1. The minimum absolute atomic E-state index is 0.413. The summed E-state index contributed by atoms with van der Waals surface area (Å²) in [6, 6.07) is 10.2. The molecular formula is C21H34N2O. The van der Waals surface area contributed by atoms with E-state index in [0.29, 0.717) is 17.5 Å². The highest BCUT2D eigenvalue weighted by molar-refractivity contribution is 5.32. The van der Waals surface area contributed by atoms with E-state index in [0.717, 1.165) is 13.2 Å². The second-order valence-electron chi connectivity index (χ2n) is 8.40. The monoisotopic (exact) mass is 330 g/mol. The van der Waals surface area contributed by atoms with E-state index in [1.54, 1.807) is 18.2 Å². The summed E-state index contributed by atoms with van der Waals surface area (Å²) in [5.41, 5.74) is 3.51. The van der Waals surface area contributed by atoms with Gasteiger partial charge >= 0.3 is 0 Å². The van der Waals surface area contributed by atoms with Crippen molar-refractivity contribution in [3.63, 3.8) is 0 Å². The van der Waals surface area contributed by atoms with Gasteiger partial charge in [0.15, 0.2) is 0 Å². The van der Waals surface area contributed by atoms with Crippen molar-refractivity contribution in [3.8, 4) is 0 Å². The first-order valence-corrected chi connectivity index (χ1v) is 9.62. The lowest BCUT2D eigenvalue weighted by atomic mass is 9.82. The van der Waals surface area contributed by atoms with E-state index in [1.807, 2.05) is 0 Å². The zero-order valence-electron chi connectivity index (χ0n) is 15.7. The zero-order valence-corrected chi connectivity index (χ0v) is 15.7. The maximum absolute atomic E-state index is 5.21. The SMILES string of the molecule is COCCN1CCC(NC2CC(C)(C)CCc3ccccc32)CC1. The fraction of sp³-hybridized carbons (Fsp3) is 0.714. The van der Waals surface area contributed by atoms with Gasteiger partial charge in [0, 0.05) is 25.7 Å². The Labute approximate surface area is 147 Å². The molecule has 1 heterocycles. The lowest BCUT2D eigenvalue weighted by molar-refractivity contribution is 0.122. The van der Waals surface area contributed by atoms with Crippen LogP contribution in [0.15, 0.2) is 24.3 Å². The van der Waals surface area contributed by atoms with Gasteiger partial charge in [-0.2, -0.15) is 0 Å². The van der Waals surface area contributed by atoms with Crippen molar-refractivity contribution in [2.24, 2.45) is 5.41 Å². The molecule has 0 bridgehead atoms. The first-order valence-electron chi connectivity index (χ1n) is 9.62. The Morgan fingerprint density at radius 1 is 1.21 bits per heavy atom. The molecule has 3 heteroatoms. The topological polar surface area (TPSA) is 24.5 Å². The highest BCUT2D eigenvalue weighted by Crippen LogP contribution is 2.39. The van der Waals surface area contributed by atoms with Crippen LogP contribution in [0.3, 0.4) is 0 Å². The summed E-state index contributed by atoms with van der Waals surface area (Å²) < 4.78 is 5.21. The van der Waals surface area contributed by atoms with Crippen LogP contribution in [-0.2, 0) is 11.2 Å². The van der Waals surface area contributed by atoms with Crippen LogP contribution in [-0.4, -0.2) is 44.3 Å². The van der Waals surface area contributed by atoms with E-state index < -0.39 is 0 Å². The Hall–Kier alpha value is -0.900. The standard InChI is InChI=1S/C21H34N2O/c1-21(2)11-8-17-6-4-5-7-19(17)20(16-21)22-18-9-12-23(13-10-18)14-15-24-3/h4-7,18,20,22H,8-16H2,1-3H3. The number of rotatable bonds is 5. The van der Waals surface area contributed by atoms with Gasteiger partial charge in [-0.1, -0.05) is 38.1 Å². The molecule has 1 aromatic carbocycles. The van der Waals surface area contributed by atoms with Crippen LogP contribution in [0.2, 0.25) is 0 Å². The Balaban J connectivity index is 1.63. The Bertz CT molecular complexity index is 520. The predicted octanol–water partition coefficient (Wildman–Crippen LogP) is 3.79. The molecule has 0 saturated carbocycles. The highest BCUT2D eigenvalue weighted by Gasteiger charge is 2.31. The quantitative estimate of drug-likeness (QED) is 0.831. The van der Waals surface area contributed by atoms with Gasteiger partial charge in [-0.15, -0.1) is 0 Å². The number of hydrogen-bond acceptors (Lipinski definition) is 3. The van der Waals surface area contributed by atoms with Crippen molar-refractivity contribution in [2.45, 2.75) is 58.0 Å². The summed E-state index contributed by atoms with van der Waals surface area (Å²) in [5.74, 6) is 0. The van der Waals surface area contributed by atoms with Crippen molar-refractivity contribution in [3.05, 3.63) is 35.4 Å². The van der Waals surface area contributed by atoms with Crippen molar-refractivity contribution >= 4 is 0 Å². The third-order valence-corrected chi connectivity index (χ3v) is 5.89. The molecule has 2 aliphatic rings. The van der Waals surface area contributed by atoms with Crippen LogP contribution in [0.5, 0.6) is 0 Å². The summed E-state index contributed by atoms with van der Waals surface area (Å²) in [6.45, 7) is 9.17. The van der Waals surface area contributed by atoms with E-state index in [1.165, 1.54) is 45.2 Å². The smallest absolute Gasteiger partial charge is 0.0589 e. The Morgan fingerprint density at radius 3 is 2.71 bits per heavy atom. The van der Waals surface area contributed by atoms with E-state index in [-0.39, 0.29) is 0 Å². The second kappa shape index (κ2) is 7.99. The van der Waals surface area contributed by atoms with Crippen LogP contribution < -0.4 is 5.32 Å². The van der Waals surface area contributed by atoms with Crippen LogP contribution in [0.4, 0.5) is 0 Å². The van der Waals surface area contributed by atoms with Gasteiger partial charge in [-0.3, -0.25) is 0 Å². The molecule has 0 spiro atoms. The molecule has 1 saturated heterocycles. The summed E-state index contributed by atoms with van der Waals surface area (Å²) in [6.07, 6.45) is 6.26. The fourth-order valence-corrected chi connectivity index (χ4v) is 4.32.